The second-order valence-corrected chi connectivity index (χ2v) is 18.8. The minimum atomic E-state index is -4.75. The van der Waals surface area contributed by atoms with E-state index in [1.165, 1.54) is 180 Å². The summed E-state index contributed by atoms with van der Waals surface area (Å²) in [7, 11) is -4.75. The Labute approximate surface area is 367 Å². The van der Waals surface area contributed by atoms with Crippen molar-refractivity contribution < 1.29 is 47.8 Å². The van der Waals surface area contributed by atoms with Crippen LogP contribution in [-0.2, 0) is 32.7 Å². The lowest BCUT2D eigenvalue weighted by Crippen LogP contribution is -2.43. The topological polar surface area (TPSA) is 169 Å². The fourth-order valence-electron chi connectivity index (χ4n) is 7.50. The van der Waals surface area contributed by atoms with Crippen molar-refractivity contribution in [3.63, 3.8) is 0 Å². The molecule has 11 nitrogen and oxygen atoms in total. The second-order valence-electron chi connectivity index (χ2n) is 17.4. The zero-order valence-electron chi connectivity index (χ0n) is 38.8. The lowest BCUT2D eigenvalue weighted by Gasteiger charge is -2.18. The first-order valence-electron chi connectivity index (χ1n) is 25.1. The van der Waals surface area contributed by atoms with Crippen LogP contribution in [0.4, 0.5) is 0 Å². The summed E-state index contributed by atoms with van der Waals surface area (Å²) in [6, 6.07) is -1.54. The highest BCUT2D eigenvalue weighted by atomic mass is 31.2. The Bertz CT molecular complexity index is 1030. The molecule has 0 saturated heterocycles. The van der Waals surface area contributed by atoms with Gasteiger partial charge in [0.05, 0.1) is 13.2 Å². The van der Waals surface area contributed by atoms with E-state index in [-0.39, 0.29) is 12.8 Å². The molecule has 0 bridgehead atoms. The molecule has 0 aromatic heterocycles. The number of hydrogen-bond donors (Lipinski definition) is 4. The summed E-state index contributed by atoms with van der Waals surface area (Å²) in [6.07, 6.45) is 44.1. The first-order chi connectivity index (χ1) is 29.1. The normalized spacial score (nSPS) is 13.5. The maximum Gasteiger partial charge on any atom is 0.472 e. The summed E-state index contributed by atoms with van der Waals surface area (Å²) in [4.78, 5) is 46.1. The predicted molar refractivity (Wildman–Crippen MR) is 245 cm³/mol. The number of ether oxygens (including phenoxy) is 1. The number of amides is 1. The molecule has 0 aliphatic carbocycles. The number of aliphatic hydroxyl groups is 1. The average molecular weight is 876 g/mol. The Balaban J connectivity index is 3.79. The minimum absolute atomic E-state index is 0.153. The van der Waals surface area contributed by atoms with Gasteiger partial charge in [-0.3, -0.25) is 18.6 Å². The zero-order chi connectivity index (χ0) is 44.2. The van der Waals surface area contributed by atoms with E-state index in [0.29, 0.717) is 12.8 Å². The molecule has 0 aromatic rings. The Morgan fingerprint density at radius 1 is 0.467 bits per heavy atom. The number of phosphoric acid groups is 1. The Kier molecular flexibility index (Phi) is 43.0. The van der Waals surface area contributed by atoms with Crippen LogP contribution in [0.2, 0.25) is 0 Å². The Morgan fingerprint density at radius 3 is 1.10 bits per heavy atom. The molecule has 0 heterocycles. The van der Waals surface area contributed by atoms with Crippen LogP contribution >= 0.6 is 7.82 Å². The molecule has 60 heavy (non-hydrogen) atoms. The van der Waals surface area contributed by atoms with Crippen LogP contribution in [0.15, 0.2) is 0 Å². The first kappa shape index (κ1) is 58.5. The number of hydrogen-bond acceptors (Lipinski definition) is 8. The van der Waals surface area contributed by atoms with Gasteiger partial charge in [-0.1, -0.05) is 232 Å². The van der Waals surface area contributed by atoms with Gasteiger partial charge in [0.25, 0.3) is 0 Å². The van der Waals surface area contributed by atoms with Crippen LogP contribution in [-0.4, -0.2) is 64.9 Å². The molecular weight excluding hydrogens is 781 g/mol. The summed E-state index contributed by atoms with van der Waals surface area (Å²) >= 11 is 0. The maximum atomic E-state index is 12.4. The van der Waals surface area contributed by atoms with Gasteiger partial charge in [0.1, 0.15) is 12.7 Å². The third kappa shape index (κ3) is 43.1. The van der Waals surface area contributed by atoms with E-state index < -0.39 is 57.6 Å². The van der Waals surface area contributed by atoms with Crippen molar-refractivity contribution in [3.8, 4) is 0 Å². The molecule has 0 aliphatic heterocycles. The van der Waals surface area contributed by atoms with Crippen molar-refractivity contribution >= 4 is 25.7 Å². The summed E-state index contributed by atoms with van der Waals surface area (Å²) in [5, 5.41) is 21.9. The summed E-state index contributed by atoms with van der Waals surface area (Å²) < 4.78 is 26.9. The number of carboxylic acids is 1. The van der Waals surface area contributed by atoms with Crippen LogP contribution < -0.4 is 5.32 Å². The van der Waals surface area contributed by atoms with Gasteiger partial charge in [0, 0.05) is 12.8 Å². The third-order valence-corrected chi connectivity index (χ3v) is 12.3. The SMILES string of the molecule is CCCCCCCCCCCCCCCCCCCCCCCC(=O)NC(COP(=O)(O)OCC(O)COC(=O)CCCCCCCCCCCCCCCCC)C(=O)O. The quantitative estimate of drug-likeness (QED) is 0.0262. The molecule has 0 radical (unpaired) electrons. The van der Waals surface area contributed by atoms with Gasteiger partial charge in [-0.05, 0) is 12.8 Å². The van der Waals surface area contributed by atoms with E-state index in [9.17, 15) is 34.1 Å². The smallest absolute Gasteiger partial charge is 0.472 e. The number of carbonyl (C=O) groups excluding carboxylic acids is 2. The number of phosphoric ester groups is 1. The molecule has 0 fully saturated rings. The lowest BCUT2D eigenvalue weighted by molar-refractivity contribution is -0.147. The number of carboxylic acid groups (broad SMARTS) is 1. The summed E-state index contributed by atoms with van der Waals surface area (Å²) in [5.74, 6) is -2.35. The van der Waals surface area contributed by atoms with E-state index in [0.717, 1.165) is 38.5 Å². The van der Waals surface area contributed by atoms with E-state index in [1.807, 2.05) is 0 Å². The van der Waals surface area contributed by atoms with Gasteiger partial charge in [0.15, 0.2) is 6.04 Å². The van der Waals surface area contributed by atoms with Crippen molar-refractivity contribution in [1.29, 1.82) is 0 Å². The highest BCUT2D eigenvalue weighted by molar-refractivity contribution is 7.47. The number of aliphatic carboxylic acids is 1. The zero-order valence-corrected chi connectivity index (χ0v) is 39.7. The molecule has 0 spiro atoms. The third-order valence-electron chi connectivity index (χ3n) is 11.4. The van der Waals surface area contributed by atoms with Gasteiger partial charge in [0.2, 0.25) is 5.91 Å². The maximum absolute atomic E-state index is 12.4. The van der Waals surface area contributed by atoms with Gasteiger partial charge in [-0.2, -0.15) is 0 Å². The van der Waals surface area contributed by atoms with Crippen molar-refractivity contribution in [2.24, 2.45) is 0 Å². The van der Waals surface area contributed by atoms with Crippen LogP contribution in [0.5, 0.6) is 0 Å². The van der Waals surface area contributed by atoms with Crippen LogP contribution in [0.3, 0.4) is 0 Å². The highest BCUT2D eigenvalue weighted by Gasteiger charge is 2.28. The molecule has 0 aliphatic rings. The molecule has 1 amide bonds. The molecule has 356 valence electrons. The van der Waals surface area contributed by atoms with E-state index in [2.05, 4.69) is 19.2 Å². The minimum Gasteiger partial charge on any atom is -0.480 e. The molecular formula is C48H94NO10P. The lowest BCUT2D eigenvalue weighted by atomic mass is 10.0. The fraction of sp³-hybridized carbons (Fsp3) is 0.938. The van der Waals surface area contributed by atoms with Crippen LogP contribution in [0.1, 0.15) is 258 Å². The molecule has 0 aromatic carbocycles. The number of esters is 1. The molecule has 0 rings (SSSR count). The molecule has 12 heteroatoms. The highest BCUT2D eigenvalue weighted by Crippen LogP contribution is 2.43. The van der Waals surface area contributed by atoms with E-state index >= 15 is 0 Å². The van der Waals surface area contributed by atoms with Gasteiger partial charge >= 0.3 is 19.8 Å². The van der Waals surface area contributed by atoms with Crippen molar-refractivity contribution in [2.45, 2.75) is 270 Å². The monoisotopic (exact) mass is 876 g/mol. The number of carbonyl (C=O) groups is 3. The number of rotatable bonds is 48. The van der Waals surface area contributed by atoms with Crippen molar-refractivity contribution in [3.05, 3.63) is 0 Å². The number of aliphatic hydroxyl groups excluding tert-OH is 1. The fourth-order valence-corrected chi connectivity index (χ4v) is 8.27. The van der Waals surface area contributed by atoms with E-state index in [4.69, 9.17) is 13.8 Å². The molecule has 3 unspecified atom stereocenters. The van der Waals surface area contributed by atoms with Crippen LogP contribution in [0, 0.1) is 0 Å². The van der Waals surface area contributed by atoms with E-state index in [1.54, 1.807) is 0 Å². The average Bonchev–Trinajstić information content (AvgIpc) is 3.22. The van der Waals surface area contributed by atoms with Crippen molar-refractivity contribution in [1.82, 2.24) is 5.32 Å². The van der Waals surface area contributed by atoms with Crippen molar-refractivity contribution in [2.75, 3.05) is 19.8 Å². The molecule has 0 saturated carbocycles. The van der Waals surface area contributed by atoms with Gasteiger partial charge in [-0.15, -0.1) is 0 Å². The number of nitrogens with one attached hydrogen (secondary N) is 1. The molecule has 4 N–H and O–H groups in total. The largest absolute Gasteiger partial charge is 0.480 e. The number of unbranched alkanes of at least 4 members (excludes halogenated alkanes) is 34. The Morgan fingerprint density at radius 2 is 0.767 bits per heavy atom. The predicted octanol–water partition coefficient (Wildman–Crippen LogP) is 13.5. The van der Waals surface area contributed by atoms with Crippen LogP contribution in [0.25, 0.3) is 0 Å². The van der Waals surface area contributed by atoms with Gasteiger partial charge in [-0.25, -0.2) is 9.36 Å². The van der Waals surface area contributed by atoms with Gasteiger partial charge < -0.3 is 25.2 Å². The summed E-state index contributed by atoms with van der Waals surface area (Å²) in [5.41, 5.74) is 0. The second kappa shape index (κ2) is 44.1. The first-order valence-corrected chi connectivity index (χ1v) is 26.6. The summed E-state index contributed by atoms with van der Waals surface area (Å²) in [6.45, 7) is 2.65. The standard InChI is InChI=1S/C48H94NO10P/c1-3-5-7-9-11-13-15-17-19-20-21-22-23-24-26-27-29-31-33-35-37-39-46(51)49-45(48(53)54)43-59-60(55,56)58-42-44(50)41-57-47(52)40-38-36-34-32-30-28-25-18-16-14-12-10-8-6-4-2/h44-45,50H,3-43H2,1-2H3,(H,49,51)(H,53,54)(H,55,56). The molecule has 3 atom stereocenters. The Hall–Kier alpha value is -1.52.